The van der Waals surface area contributed by atoms with Crippen LogP contribution in [-0.4, -0.2) is 53.8 Å². The van der Waals surface area contributed by atoms with E-state index in [0.717, 1.165) is 44.5 Å². The second-order valence-corrected chi connectivity index (χ2v) is 5.69. The molecule has 1 saturated heterocycles. The largest absolute Gasteiger partial charge is 0.340 e. The molecular weight excluding hydrogens is 304 g/mol. The van der Waals surface area contributed by atoms with Crippen molar-refractivity contribution < 1.29 is 4.79 Å². The quantitative estimate of drug-likeness (QED) is 0.775. The average molecular weight is 325 g/mol. The molecular formula is C15H21BrN2O. The molecule has 0 spiro atoms. The number of alkyl halides is 1. The number of halogens is 1. The third kappa shape index (κ3) is 4.62. The number of hydrogen-bond donors (Lipinski definition) is 0. The summed E-state index contributed by atoms with van der Waals surface area (Å²) in [5.74, 6) is 0.294. The van der Waals surface area contributed by atoms with Crippen LogP contribution in [0.25, 0.3) is 0 Å². The lowest BCUT2D eigenvalue weighted by Crippen LogP contribution is -2.49. The van der Waals surface area contributed by atoms with Gasteiger partial charge in [0.15, 0.2) is 0 Å². The second kappa shape index (κ2) is 7.65. The van der Waals surface area contributed by atoms with E-state index in [9.17, 15) is 4.79 Å². The lowest BCUT2D eigenvalue weighted by atomic mass is 10.1. The number of hydrogen-bond acceptors (Lipinski definition) is 2. The molecule has 0 N–H and O–H groups in total. The molecule has 1 aliphatic rings. The maximum atomic E-state index is 12.1. The average Bonchev–Trinajstić information content (AvgIpc) is 2.47. The van der Waals surface area contributed by atoms with Gasteiger partial charge in [-0.1, -0.05) is 46.3 Å². The van der Waals surface area contributed by atoms with Crippen molar-refractivity contribution in [1.82, 2.24) is 9.80 Å². The van der Waals surface area contributed by atoms with Gasteiger partial charge in [0.2, 0.25) is 5.91 Å². The molecule has 19 heavy (non-hydrogen) atoms. The van der Waals surface area contributed by atoms with E-state index in [1.807, 2.05) is 23.1 Å². The van der Waals surface area contributed by atoms with Crippen molar-refractivity contribution in [2.24, 2.45) is 0 Å². The highest BCUT2D eigenvalue weighted by Gasteiger charge is 2.20. The predicted octanol–water partition coefficient (Wildman–Crippen LogP) is 2.16. The number of carbonyl (C=O) groups is 1. The predicted molar refractivity (Wildman–Crippen MR) is 81.6 cm³/mol. The molecule has 0 bridgehead atoms. The Labute approximate surface area is 123 Å². The van der Waals surface area contributed by atoms with Gasteiger partial charge < -0.3 is 4.90 Å². The van der Waals surface area contributed by atoms with E-state index in [0.29, 0.717) is 12.3 Å². The van der Waals surface area contributed by atoms with Crippen LogP contribution in [0.15, 0.2) is 30.3 Å². The Morgan fingerprint density at radius 1 is 1.11 bits per heavy atom. The Morgan fingerprint density at radius 3 is 2.42 bits per heavy atom. The molecule has 0 saturated carbocycles. The van der Waals surface area contributed by atoms with E-state index >= 15 is 0 Å². The zero-order valence-electron chi connectivity index (χ0n) is 11.2. The lowest BCUT2D eigenvalue weighted by molar-refractivity contribution is -0.132. The van der Waals surface area contributed by atoms with E-state index in [1.54, 1.807) is 0 Å². The SMILES string of the molecule is O=C(CCc1ccccc1)N1CCN(CCBr)CC1. The zero-order chi connectivity index (χ0) is 13.5. The molecule has 0 radical (unpaired) electrons. The number of aryl methyl sites for hydroxylation is 1. The first-order valence-electron chi connectivity index (χ1n) is 6.89. The van der Waals surface area contributed by atoms with Gasteiger partial charge in [0.05, 0.1) is 0 Å². The van der Waals surface area contributed by atoms with Gasteiger partial charge in [-0.3, -0.25) is 9.69 Å². The molecule has 1 heterocycles. The molecule has 1 amide bonds. The number of benzene rings is 1. The monoisotopic (exact) mass is 324 g/mol. The van der Waals surface area contributed by atoms with Gasteiger partial charge in [0, 0.05) is 44.5 Å². The Bertz CT molecular complexity index is 388. The Kier molecular flexibility index (Phi) is 5.86. The molecule has 1 aromatic carbocycles. The molecule has 0 aromatic heterocycles. The van der Waals surface area contributed by atoms with Gasteiger partial charge in [-0.15, -0.1) is 0 Å². The first-order chi connectivity index (χ1) is 9.29. The fourth-order valence-corrected chi connectivity index (χ4v) is 2.90. The number of piperazine rings is 1. The van der Waals surface area contributed by atoms with Crippen LogP contribution >= 0.6 is 15.9 Å². The maximum Gasteiger partial charge on any atom is 0.222 e. The summed E-state index contributed by atoms with van der Waals surface area (Å²) in [5.41, 5.74) is 1.24. The highest BCUT2D eigenvalue weighted by molar-refractivity contribution is 9.09. The summed E-state index contributed by atoms with van der Waals surface area (Å²) >= 11 is 3.46. The molecule has 1 aromatic rings. The van der Waals surface area contributed by atoms with Crippen molar-refractivity contribution in [2.75, 3.05) is 38.1 Å². The molecule has 1 aliphatic heterocycles. The van der Waals surface area contributed by atoms with Gasteiger partial charge in [-0.05, 0) is 12.0 Å². The minimum Gasteiger partial charge on any atom is -0.340 e. The van der Waals surface area contributed by atoms with Crippen molar-refractivity contribution in [1.29, 1.82) is 0 Å². The van der Waals surface area contributed by atoms with Crippen molar-refractivity contribution in [2.45, 2.75) is 12.8 Å². The van der Waals surface area contributed by atoms with E-state index in [4.69, 9.17) is 0 Å². The summed E-state index contributed by atoms with van der Waals surface area (Å²) in [7, 11) is 0. The van der Waals surface area contributed by atoms with Crippen molar-refractivity contribution in [3.63, 3.8) is 0 Å². The first-order valence-corrected chi connectivity index (χ1v) is 8.02. The van der Waals surface area contributed by atoms with Gasteiger partial charge in [0.1, 0.15) is 0 Å². The smallest absolute Gasteiger partial charge is 0.222 e. The zero-order valence-corrected chi connectivity index (χ0v) is 12.8. The fraction of sp³-hybridized carbons (Fsp3) is 0.533. The van der Waals surface area contributed by atoms with Crippen molar-refractivity contribution >= 4 is 21.8 Å². The lowest BCUT2D eigenvalue weighted by Gasteiger charge is -2.34. The molecule has 0 unspecified atom stereocenters. The molecule has 0 atom stereocenters. The topological polar surface area (TPSA) is 23.6 Å². The Hall–Kier alpha value is -0.870. The summed E-state index contributed by atoms with van der Waals surface area (Å²) < 4.78 is 0. The number of carbonyl (C=O) groups excluding carboxylic acids is 1. The normalized spacial score (nSPS) is 16.6. The van der Waals surface area contributed by atoms with Crippen LogP contribution in [0.4, 0.5) is 0 Å². The molecule has 3 nitrogen and oxygen atoms in total. The second-order valence-electron chi connectivity index (χ2n) is 4.90. The summed E-state index contributed by atoms with van der Waals surface area (Å²) in [5, 5.41) is 1.01. The summed E-state index contributed by atoms with van der Waals surface area (Å²) in [6.45, 7) is 4.83. The molecule has 0 aliphatic carbocycles. The van der Waals surface area contributed by atoms with Crippen LogP contribution in [0.5, 0.6) is 0 Å². The van der Waals surface area contributed by atoms with Gasteiger partial charge in [-0.2, -0.15) is 0 Å². The Balaban J connectivity index is 1.73. The van der Waals surface area contributed by atoms with Gasteiger partial charge in [-0.25, -0.2) is 0 Å². The maximum absolute atomic E-state index is 12.1. The molecule has 104 valence electrons. The third-order valence-electron chi connectivity index (χ3n) is 3.60. The van der Waals surface area contributed by atoms with E-state index in [1.165, 1.54) is 5.56 Å². The van der Waals surface area contributed by atoms with Gasteiger partial charge >= 0.3 is 0 Å². The van der Waals surface area contributed by atoms with Crippen LogP contribution < -0.4 is 0 Å². The fourth-order valence-electron chi connectivity index (χ4n) is 2.39. The summed E-state index contributed by atoms with van der Waals surface area (Å²) in [4.78, 5) is 16.5. The number of rotatable bonds is 5. The Morgan fingerprint density at radius 2 is 1.79 bits per heavy atom. The minimum absolute atomic E-state index is 0.294. The number of amides is 1. The molecule has 1 fully saturated rings. The highest BCUT2D eigenvalue weighted by Crippen LogP contribution is 2.08. The molecule has 4 heteroatoms. The summed E-state index contributed by atoms with van der Waals surface area (Å²) in [6, 6.07) is 10.2. The third-order valence-corrected chi connectivity index (χ3v) is 3.95. The number of nitrogens with zero attached hydrogens (tertiary/aromatic N) is 2. The van der Waals surface area contributed by atoms with Crippen LogP contribution in [0, 0.1) is 0 Å². The highest BCUT2D eigenvalue weighted by atomic mass is 79.9. The van der Waals surface area contributed by atoms with Crippen LogP contribution in [0.2, 0.25) is 0 Å². The van der Waals surface area contributed by atoms with E-state index in [-0.39, 0.29) is 0 Å². The van der Waals surface area contributed by atoms with Gasteiger partial charge in [0.25, 0.3) is 0 Å². The van der Waals surface area contributed by atoms with Crippen molar-refractivity contribution in [3.8, 4) is 0 Å². The van der Waals surface area contributed by atoms with E-state index < -0.39 is 0 Å². The first kappa shape index (κ1) is 14.5. The molecule has 2 rings (SSSR count). The van der Waals surface area contributed by atoms with E-state index in [2.05, 4.69) is 33.0 Å². The van der Waals surface area contributed by atoms with Crippen molar-refractivity contribution in [3.05, 3.63) is 35.9 Å². The van der Waals surface area contributed by atoms with Crippen LogP contribution in [0.1, 0.15) is 12.0 Å². The van der Waals surface area contributed by atoms with Crippen LogP contribution in [-0.2, 0) is 11.2 Å². The standard InChI is InChI=1S/C15H21BrN2O/c16-8-9-17-10-12-18(13-11-17)15(19)7-6-14-4-2-1-3-5-14/h1-5H,6-13H2. The summed E-state index contributed by atoms with van der Waals surface area (Å²) in [6.07, 6.45) is 1.48. The van der Waals surface area contributed by atoms with Crippen LogP contribution in [0.3, 0.4) is 0 Å². The minimum atomic E-state index is 0.294.